The summed E-state index contributed by atoms with van der Waals surface area (Å²) in [6.07, 6.45) is 12.3. The topological polar surface area (TPSA) is 0 Å². The maximum absolute atomic E-state index is 1.56. The third-order valence-electron chi connectivity index (χ3n) is 5.43. The fraction of sp³-hybridized carbons (Fsp3) is 1.00. The molecule has 1 saturated carbocycles. The molecule has 0 aromatic rings. The molecule has 0 bridgehead atoms. The molecule has 2 atom stereocenters. The first-order chi connectivity index (χ1) is 7.38. The van der Waals surface area contributed by atoms with Gasteiger partial charge in [0, 0.05) is 5.92 Å². The Labute approximate surface area is 94.4 Å². The van der Waals surface area contributed by atoms with Crippen LogP contribution in [0.1, 0.15) is 51.4 Å². The van der Waals surface area contributed by atoms with E-state index in [1.165, 1.54) is 56.2 Å². The van der Waals surface area contributed by atoms with Crippen molar-refractivity contribution in [1.82, 2.24) is 0 Å². The molecule has 2 aliphatic heterocycles. The van der Waals surface area contributed by atoms with E-state index in [2.05, 4.69) is 0 Å². The third-order valence-corrected chi connectivity index (χ3v) is 5.43. The monoisotopic (exact) mass is 208 g/mol. The Kier molecular flexibility index (Phi) is 2.76. The van der Waals surface area contributed by atoms with Crippen LogP contribution in [0.25, 0.3) is 0 Å². The van der Waals surface area contributed by atoms with Gasteiger partial charge in [-0.05, 0) is 44.4 Å². The van der Waals surface area contributed by atoms with E-state index in [1.807, 2.05) is 0 Å². The second-order valence-electron chi connectivity index (χ2n) is 6.35. The summed E-state index contributed by atoms with van der Waals surface area (Å²) in [5.74, 6) is 2.25. The molecule has 3 rings (SSSR count). The minimum absolute atomic E-state index is 1.12. The van der Waals surface area contributed by atoms with E-state index in [0.29, 0.717) is 0 Å². The maximum Gasteiger partial charge on any atom is 0.0817 e. The molecule has 0 aromatic carbocycles. The van der Waals surface area contributed by atoms with Crippen molar-refractivity contribution in [2.24, 2.45) is 11.8 Å². The summed E-state index contributed by atoms with van der Waals surface area (Å²) >= 11 is 0. The Bertz CT molecular complexity index is 217. The summed E-state index contributed by atoms with van der Waals surface area (Å²) < 4.78 is 1.53. The molecule has 15 heavy (non-hydrogen) atoms. The lowest BCUT2D eigenvalue weighted by atomic mass is 9.74. The Balaban J connectivity index is 1.68. The summed E-state index contributed by atoms with van der Waals surface area (Å²) in [5, 5.41) is 0. The van der Waals surface area contributed by atoms with Crippen molar-refractivity contribution in [3.05, 3.63) is 0 Å². The minimum atomic E-state index is 1.12. The quantitative estimate of drug-likeness (QED) is 0.536. The summed E-state index contributed by atoms with van der Waals surface area (Å²) in [6.45, 7) is 6.12. The number of fused-ring (bicyclic) bond motifs is 1. The van der Waals surface area contributed by atoms with Crippen molar-refractivity contribution < 1.29 is 4.48 Å². The van der Waals surface area contributed by atoms with E-state index in [-0.39, 0.29) is 0 Å². The Morgan fingerprint density at radius 3 is 2.13 bits per heavy atom. The van der Waals surface area contributed by atoms with E-state index in [1.54, 1.807) is 25.8 Å². The second kappa shape index (κ2) is 4.08. The van der Waals surface area contributed by atoms with Crippen molar-refractivity contribution >= 4 is 0 Å². The zero-order chi connectivity index (χ0) is 10.1. The van der Waals surface area contributed by atoms with Crippen molar-refractivity contribution in [2.45, 2.75) is 51.4 Å². The van der Waals surface area contributed by atoms with Gasteiger partial charge < -0.3 is 4.48 Å². The molecule has 2 heterocycles. The Morgan fingerprint density at radius 1 is 0.600 bits per heavy atom. The average Bonchev–Trinajstić information content (AvgIpc) is 2.30. The van der Waals surface area contributed by atoms with Crippen molar-refractivity contribution in [1.29, 1.82) is 0 Å². The smallest absolute Gasteiger partial charge is 0.0817 e. The lowest BCUT2D eigenvalue weighted by molar-refractivity contribution is -0.941. The van der Waals surface area contributed by atoms with Crippen LogP contribution in [-0.2, 0) is 0 Å². The number of hydrogen-bond donors (Lipinski definition) is 0. The SMILES string of the molecule is C1CC[N+]2(CC1)CCC1CCCCC1C2. The van der Waals surface area contributed by atoms with Gasteiger partial charge in [0.05, 0.1) is 26.2 Å². The van der Waals surface area contributed by atoms with E-state index in [0.717, 1.165) is 11.8 Å². The second-order valence-corrected chi connectivity index (χ2v) is 6.35. The molecule has 3 aliphatic rings. The van der Waals surface area contributed by atoms with Crippen LogP contribution in [0.5, 0.6) is 0 Å². The van der Waals surface area contributed by atoms with Crippen LogP contribution in [0.3, 0.4) is 0 Å². The van der Waals surface area contributed by atoms with Gasteiger partial charge in [0.15, 0.2) is 0 Å². The molecule has 0 aromatic heterocycles. The molecule has 1 spiro atoms. The highest BCUT2D eigenvalue weighted by Crippen LogP contribution is 2.39. The van der Waals surface area contributed by atoms with Crippen LogP contribution in [0.2, 0.25) is 0 Å². The molecular formula is C14H26N+. The van der Waals surface area contributed by atoms with Crippen molar-refractivity contribution in [3.8, 4) is 0 Å². The standard InChI is InChI=1S/C14H26N/c1-4-9-15(10-5-1)11-8-13-6-2-3-7-14(13)12-15/h13-14H,1-12H2/q+1. The van der Waals surface area contributed by atoms with Gasteiger partial charge in [-0.15, -0.1) is 0 Å². The lowest BCUT2D eigenvalue weighted by Gasteiger charge is -2.50. The first-order valence-corrected chi connectivity index (χ1v) is 7.23. The molecular weight excluding hydrogens is 182 g/mol. The van der Waals surface area contributed by atoms with Gasteiger partial charge in [-0.25, -0.2) is 0 Å². The molecule has 0 radical (unpaired) electrons. The van der Waals surface area contributed by atoms with E-state index < -0.39 is 0 Å². The number of quaternary nitrogens is 1. The molecule has 0 amide bonds. The predicted octanol–water partition coefficient (Wildman–Crippen LogP) is 3.20. The molecule has 2 saturated heterocycles. The third kappa shape index (κ3) is 1.95. The highest BCUT2D eigenvalue weighted by molar-refractivity contribution is 4.79. The highest BCUT2D eigenvalue weighted by Gasteiger charge is 2.41. The van der Waals surface area contributed by atoms with E-state index in [4.69, 9.17) is 0 Å². The van der Waals surface area contributed by atoms with Gasteiger partial charge in [0.2, 0.25) is 0 Å². The average molecular weight is 208 g/mol. The largest absolute Gasteiger partial charge is 0.323 e. The number of hydrogen-bond acceptors (Lipinski definition) is 0. The first-order valence-electron chi connectivity index (χ1n) is 7.23. The van der Waals surface area contributed by atoms with Gasteiger partial charge >= 0.3 is 0 Å². The normalized spacial score (nSPS) is 40.0. The highest BCUT2D eigenvalue weighted by atomic mass is 15.4. The summed E-state index contributed by atoms with van der Waals surface area (Å²) in [5.41, 5.74) is 0. The molecule has 2 unspecified atom stereocenters. The minimum Gasteiger partial charge on any atom is -0.323 e. The molecule has 1 heteroatoms. The number of piperidine rings is 2. The van der Waals surface area contributed by atoms with Gasteiger partial charge in [0.25, 0.3) is 0 Å². The summed E-state index contributed by atoms with van der Waals surface area (Å²) in [4.78, 5) is 0. The molecule has 86 valence electrons. The summed E-state index contributed by atoms with van der Waals surface area (Å²) in [6, 6.07) is 0. The fourth-order valence-electron chi connectivity index (χ4n) is 4.52. The molecule has 1 aliphatic carbocycles. The maximum atomic E-state index is 1.56. The van der Waals surface area contributed by atoms with Gasteiger partial charge in [-0.1, -0.05) is 12.8 Å². The summed E-state index contributed by atoms with van der Waals surface area (Å²) in [7, 11) is 0. The lowest BCUT2D eigenvalue weighted by Crippen LogP contribution is -2.59. The zero-order valence-electron chi connectivity index (χ0n) is 10.1. The van der Waals surface area contributed by atoms with E-state index >= 15 is 0 Å². The van der Waals surface area contributed by atoms with Gasteiger partial charge in [-0.3, -0.25) is 0 Å². The molecule has 0 N–H and O–H groups in total. The van der Waals surface area contributed by atoms with Crippen LogP contribution in [0.4, 0.5) is 0 Å². The first kappa shape index (κ1) is 10.1. The molecule has 3 fully saturated rings. The predicted molar refractivity (Wildman–Crippen MR) is 63.6 cm³/mol. The van der Waals surface area contributed by atoms with Gasteiger partial charge in [-0.2, -0.15) is 0 Å². The van der Waals surface area contributed by atoms with Crippen LogP contribution >= 0.6 is 0 Å². The number of rotatable bonds is 0. The van der Waals surface area contributed by atoms with E-state index in [9.17, 15) is 0 Å². The number of nitrogens with zero attached hydrogens (tertiary/aromatic N) is 1. The van der Waals surface area contributed by atoms with Crippen LogP contribution in [0.15, 0.2) is 0 Å². The Hall–Kier alpha value is -0.0400. The fourth-order valence-corrected chi connectivity index (χ4v) is 4.52. The zero-order valence-corrected chi connectivity index (χ0v) is 10.1. The Morgan fingerprint density at radius 2 is 1.33 bits per heavy atom. The van der Waals surface area contributed by atoms with Crippen LogP contribution in [-0.4, -0.2) is 30.7 Å². The van der Waals surface area contributed by atoms with Gasteiger partial charge in [0.1, 0.15) is 0 Å². The molecule has 1 nitrogen and oxygen atoms in total. The van der Waals surface area contributed by atoms with Crippen molar-refractivity contribution in [2.75, 3.05) is 26.2 Å². The van der Waals surface area contributed by atoms with Crippen molar-refractivity contribution in [3.63, 3.8) is 0 Å². The van der Waals surface area contributed by atoms with Crippen LogP contribution in [0, 0.1) is 11.8 Å². The van der Waals surface area contributed by atoms with Crippen LogP contribution < -0.4 is 0 Å².